The fourth-order valence-corrected chi connectivity index (χ4v) is 1.61. The van der Waals surface area contributed by atoms with Crippen LogP contribution < -0.4 is 0 Å². The van der Waals surface area contributed by atoms with Crippen LogP contribution in [0.3, 0.4) is 0 Å². The molecule has 0 aliphatic carbocycles. The van der Waals surface area contributed by atoms with E-state index >= 15 is 0 Å². The van der Waals surface area contributed by atoms with Crippen molar-refractivity contribution in [2.45, 2.75) is 6.61 Å². The van der Waals surface area contributed by atoms with E-state index in [1.807, 2.05) is 12.1 Å². The standard InChI is InChI=1S/C10H7N3O2/c14-10-8-3-1-2-4-9(8)13-7(6-15-10)5-11-12-13/h1-5H,6H2. The summed E-state index contributed by atoms with van der Waals surface area (Å²) in [6.45, 7) is 0.209. The van der Waals surface area contributed by atoms with Gasteiger partial charge in [-0.05, 0) is 12.1 Å². The van der Waals surface area contributed by atoms with Crippen LogP contribution in [-0.4, -0.2) is 21.0 Å². The molecule has 1 aromatic heterocycles. The molecule has 2 aromatic rings. The van der Waals surface area contributed by atoms with Crippen LogP contribution in [0.1, 0.15) is 16.1 Å². The van der Waals surface area contributed by atoms with E-state index in [0.717, 1.165) is 5.69 Å². The van der Waals surface area contributed by atoms with Gasteiger partial charge in [-0.2, -0.15) is 0 Å². The number of hydrogen-bond acceptors (Lipinski definition) is 4. The van der Waals surface area contributed by atoms with Gasteiger partial charge in [-0.15, -0.1) is 5.10 Å². The highest BCUT2D eigenvalue weighted by Crippen LogP contribution is 2.20. The monoisotopic (exact) mass is 201 g/mol. The summed E-state index contributed by atoms with van der Waals surface area (Å²) >= 11 is 0. The van der Waals surface area contributed by atoms with Crippen LogP contribution in [0.2, 0.25) is 0 Å². The summed E-state index contributed by atoms with van der Waals surface area (Å²) in [4.78, 5) is 11.6. The SMILES string of the molecule is O=C1OCc2cnnn2-c2ccccc21. The van der Waals surface area contributed by atoms with Crippen LogP contribution >= 0.6 is 0 Å². The molecule has 0 radical (unpaired) electrons. The van der Waals surface area contributed by atoms with Crippen molar-refractivity contribution in [2.24, 2.45) is 0 Å². The molecule has 0 atom stereocenters. The minimum Gasteiger partial charge on any atom is -0.455 e. The van der Waals surface area contributed by atoms with Crippen molar-refractivity contribution in [2.75, 3.05) is 0 Å². The Labute approximate surface area is 85.3 Å². The smallest absolute Gasteiger partial charge is 0.340 e. The lowest BCUT2D eigenvalue weighted by Crippen LogP contribution is -2.04. The van der Waals surface area contributed by atoms with E-state index in [1.165, 1.54) is 0 Å². The molecule has 2 heterocycles. The first-order valence-corrected chi connectivity index (χ1v) is 4.52. The number of rotatable bonds is 0. The zero-order valence-corrected chi connectivity index (χ0v) is 7.75. The molecule has 0 saturated heterocycles. The first-order valence-electron chi connectivity index (χ1n) is 4.52. The molecule has 0 N–H and O–H groups in total. The molecule has 0 amide bonds. The number of aromatic nitrogens is 3. The fourth-order valence-electron chi connectivity index (χ4n) is 1.61. The van der Waals surface area contributed by atoms with E-state index in [9.17, 15) is 4.79 Å². The van der Waals surface area contributed by atoms with E-state index in [1.54, 1.807) is 23.0 Å². The molecule has 1 aliphatic rings. The first kappa shape index (κ1) is 8.16. The van der Waals surface area contributed by atoms with Crippen LogP contribution in [0.4, 0.5) is 0 Å². The molecule has 5 heteroatoms. The van der Waals surface area contributed by atoms with Crippen LogP contribution in [0.5, 0.6) is 0 Å². The average molecular weight is 201 g/mol. The minimum absolute atomic E-state index is 0.209. The number of carbonyl (C=O) groups is 1. The Balaban J connectivity index is 2.32. The van der Waals surface area contributed by atoms with Crippen molar-refractivity contribution in [1.82, 2.24) is 15.0 Å². The Hall–Kier alpha value is -2.17. The van der Waals surface area contributed by atoms with E-state index in [0.29, 0.717) is 11.3 Å². The molecule has 0 saturated carbocycles. The van der Waals surface area contributed by atoms with Gasteiger partial charge in [0.05, 0.1) is 17.4 Å². The van der Waals surface area contributed by atoms with Gasteiger partial charge in [0.25, 0.3) is 0 Å². The summed E-state index contributed by atoms with van der Waals surface area (Å²) < 4.78 is 6.70. The number of para-hydroxylation sites is 1. The lowest BCUT2D eigenvalue weighted by Gasteiger charge is -2.03. The third kappa shape index (κ3) is 1.13. The Morgan fingerprint density at radius 3 is 3.13 bits per heavy atom. The number of cyclic esters (lactones) is 1. The molecular weight excluding hydrogens is 194 g/mol. The quantitative estimate of drug-likeness (QED) is 0.595. The van der Waals surface area contributed by atoms with Crippen molar-refractivity contribution >= 4 is 5.97 Å². The Kier molecular flexibility index (Phi) is 1.58. The van der Waals surface area contributed by atoms with Gasteiger partial charge in [-0.25, -0.2) is 9.48 Å². The van der Waals surface area contributed by atoms with Crippen LogP contribution in [0, 0.1) is 0 Å². The molecule has 0 bridgehead atoms. The van der Waals surface area contributed by atoms with E-state index < -0.39 is 0 Å². The highest BCUT2D eigenvalue weighted by Gasteiger charge is 2.21. The molecule has 1 aromatic carbocycles. The maximum absolute atomic E-state index is 11.6. The third-order valence-corrected chi connectivity index (χ3v) is 2.32. The number of fused-ring (bicyclic) bond motifs is 3. The maximum Gasteiger partial charge on any atom is 0.340 e. The van der Waals surface area contributed by atoms with Gasteiger partial charge in [-0.1, -0.05) is 17.3 Å². The second-order valence-electron chi connectivity index (χ2n) is 3.23. The maximum atomic E-state index is 11.6. The van der Waals surface area contributed by atoms with Gasteiger partial charge in [-0.3, -0.25) is 0 Å². The number of hydrogen-bond donors (Lipinski definition) is 0. The van der Waals surface area contributed by atoms with Gasteiger partial charge >= 0.3 is 5.97 Å². The number of carbonyl (C=O) groups excluding carboxylic acids is 1. The molecule has 5 nitrogen and oxygen atoms in total. The zero-order valence-electron chi connectivity index (χ0n) is 7.75. The van der Waals surface area contributed by atoms with E-state index in [2.05, 4.69) is 10.3 Å². The molecule has 15 heavy (non-hydrogen) atoms. The summed E-state index contributed by atoms with van der Waals surface area (Å²) in [6.07, 6.45) is 1.59. The van der Waals surface area contributed by atoms with Crippen molar-refractivity contribution < 1.29 is 9.53 Å². The summed E-state index contributed by atoms with van der Waals surface area (Å²) in [5.41, 5.74) is 2.00. The third-order valence-electron chi connectivity index (χ3n) is 2.32. The highest BCUT2D eigenvalue weighted by molar-refractivity contribution is 5.93. The number of esters is 1. The Morgan fingerprint density at radius 1 is 1.33 bits per heavy atom. The van der Waals surface area contributed by atoms with Gasteiger partial charge in [0, 0.05) is 0 Å². The Bertz CT molecular complexity index is 533. The highest BCUT2D eigenvalue weighted by atomic mass is 16.5. The molecule has 0 unspecified atom stereocenters. The first-order chi connectivity index (χ1) is 7.36. The second-order valence-corrected chi connectivity index (χ2v) is 3.23. The van der Waals surface area contributed by atoms with Crippen molar-refractivity contribution in [1.29, 1.82) is 0 Å². The van der Waals surface area contributed by atoms with Crippen molar-refractivity contribution in [3.05, 3.63) is 41.7 Å². The predicted octanol–water partition coefficient (Wildman–Crippen LogP) is 0.938. The zero-order chi connectivity index (χ0) is 10.3. The Morgan fingerprint density at radius 2 is 2.20 bits per heavy atom. The minimum atomic E-state index is -0.323. The fraction of sp³-hybridized carbons (Fsp3) is 0.100. The van der Waals surface area contributed by atoms with E-state index in [4.69, 9.17) is 4.74 Å². The summed E-state index contributed by atoms with van der Waals surface area (Å²) in [5, 5.41) is 7.72. The largest absolute Gasteiger partial charge is 0.455 e. The normalized spacial score (nSPS) is 13.7. The van der Waals surface area contributed by atoms with Crippen LogP contribution in [0.25, 0.3) is 5.69 Å². The summed E-state index contributed by atoms with van der Waals surface area (Å²) in [5.74, 6) is -0.323. The number of benzene rings is 1. The van der Waals surface area contributed by atoms with Gasteiger partial charge in [0.2, 0.25) is 0 Å². The number of nitrogens with zero attached hydrogens (tertiary/aromatic N) is 3. The van der Waals surface area contributed by atoms with Gasteiger partial charge in [0.1, 0.15) is 12.3 Å². The van der Waals surface area contributed by atoms with Gasteiger partial charge in [0.15, 0.2) is 0 Å². The van der Waals surface area contributed by atoms with Crippen molar-refractivity contribution in [3.63, 3.8) is 0 Å². The number of ether oxygens (including phenoxy) is 1. The molecule has 0 spiro atoms. The van der Waals surface area contributed by atoms with Crippen LogP contribution in [0.15, 0.2) is 30.5 Å². The lowest BCUT2D eigenvalue weighted by atomic mass is 10.2. The van der Waals surface area contributed by atoms with Crippen molar-refractivity contribution in [3.8, 4) is 5.69 Å². The molecule has 1 aliphatic heterocycles. The molecule has 74 valence electrons. The van der Waals surface area contributed by atoms with E-state index in [-0.39, 0.29) is 12.6 Å². The average Bonchev–Trinajstić information content (AvgIpc) is 2.69. The summed E-state index contributed by atoms with van der Waals surface area (Å²) in [7, 11) is 0. The lowest BCUT2D eigenvalue weighted by molar-refractivity contribution is 0.0475. The van der Waals surface area contributed by atoms with Crippen LogP contribution in [-0.2, 0) is 11.3 Å². The topological polar surface area (TPSA) is 57.0 Å². The molecular formula is C10H7N3O2. The molecule has 3 rings (SSSR count). The second kappa shape index (κ2) is 2.91. The molecule has 0 fully saturated rings. The summed E-state index contributed by atoms with van der Waals surface area (Å²) in [6, 6.07) is 7.18. The predicted molar refractivity (Wildman–Crippen MR) is 50.5 cm³/mol. The van der Waals surface area contributed by atoms with Gasteiger partial charge < -0.3 is 4.74 Å².